The molecular formula is C13H16N2O2. The van der Waals surface area contributed by atoms with Gasteiger partial charge in [0, 0.05) is 30.3 Å². The number of nitrogens with zero attached hydrogens (tertiary/aromatic N) is 1. The molecule has 0 bridgehead atoms. The van der Waals surface area contributed by atoms with Gasteiger partial charge >= 0.3 is 0 Å². The first-order chi connectivity index (χ1) is 8.25. The fraction of sp³-hybridized carbons (Fsp3) is 0.538. The van der Waals surface area contributed by atoms with E-state index in [4.69, 9.17) is 0 Å². The third-order valence-corrected chi connectivity index (χ3v) is 4.13. The number of hydrogen-bond donors (Lipinski definition) is 1. The van der Waals surface area contributed by atoms with E-state index >= 15 is 0 Å². The fourth-order valence-corrected chi connectivity index (χ4v) is 3.24. The fourth-order valence-electron chi connectivity index (χ4n) is 3.24. The lowest BCUT2D eigenvalue weighted by Gasteiger charge is -2.17. The van der Waals surface area contributed by atoms with Crippen LogP contribution < -0.4 is 5.32 Å². The molecule has 0 saturated heterocycles. The van der Waals surface area contributed by atoms with Gasteiger partial charge in [0.2, 0.25) is 0 Å². The molecule has 1 unspecified atom stereocenters. The van der Waals surface area contributed by atoms with Crippen LogP contribution in [0.1, 0.15) is 37.2 Å². The number of non-ortho nitro benzene ring substituents is 1. The first-order valence-electron chi connectivity index (χ1n) is 6.28. The maximum absolute atomic E-state index is 10.8. The van der Waals surface area contributed by atoms with Crippen molar-refractivity contribution >= 4 is 11.4 Å². The lowest BCUT2D eigenvalue weighted by molar-refractivity contribution is -0.384. The van der Waals surface area contributed by atoms with Crippen LogP contribution in [-0.2, 0) is 0 Å². The summed E-state index contributed by atoms with van der Waals surface area (Å²) >= 11 is 0. The highest BCUT2D eigenvalue weighted by atomic mass is 16.6. The van der Waals surface area contributed by atoms with Crippen LogP contribution in [0.15, 0.2) is 18.2 Å². The van der Waals surface area contributed by atoms with Crippen LogP contribution in [0.4, 0.5) is 11.4 Å². The third-order valence-electron chi connectivity index (χ3n) is 4.13. The highest BCUT2D eigenvalue weighted by Crippen LogP contribution is 2.44. The first kappa shape index (κ1) is 10.6. The molecular weight excluding hydrogens is 216 g/mol. The molecule has 4 heteroatoms. The molecule has 0 spiro atoms. The average Bonchev–Trinajstić information content (AvgIpc) is 2.96. The minimum atomic E-state index is -0.301. The van der Waals surface area contributed by atoms with Crippen LogP contribution >= 0.6 is 0 Å². The number of fused-ring (bicyclic) bond motifs is 1. The Morgan fingerprint density at radius 3 is 2.76 bits per heavy atom. The Bertz CT molecular complexity index is 453. The van der Waals surface area contributed by atoms with Crippen molar-refractivity contribution < 1.29 is 4.92 Å². The molecule has 0 radical (unpaired) electrons. The second-order valence-corrected chi connectivity index (χ2v) is 5.06. The van der Waals surface area contributed by atoms with Crippen molar-refractivity contribution in [2.45, 2.75) is 31.6 Å². The summed E-state index contributed by atoms with van der Waals surface area (Å²) in [5.41, 5.74) is 2.47. The third kappa shape index (κ3) is 1.77. The quantitative estimate of drug-likeness (QED) is 0.628. The molecule has 2 aliphatic rings. The summed E-state index contributed by atoms with van der Waals surface area (Å²) in [5, 5.41) is 14.2. The summed E-state index contributed by atoms with van der Waals surface area (Å²) in [6.45, 7) is 0.946. The van der Waals surface area contributed by atoms with Gasteiger partial charge in [0.25, 0.3) is 5.69 Å². The Morgan fingerprint density at radius 1 is 1.29 bits per heavy atom. The van der Waals surface area contributed by atoms with Gasteiger partial charge in [0.05, 0.1) is 4.92 Å². The Hall–Kier alpha value is -1.58. The van der Waals surface area contributed by atoms with Crippen LogP contribution in [0.3, 0.4) is 0 Å². The summed E-state index contributed by atoms with van der Waals surface area (Å²) in [4.78, 5) is 10.5. The summed E-state index contributed by atoms with van der Waals surface area (Å²) < 4.78 is 0. The van der Waals surface area contributed by atoms with Crippen molar-refractivity contribution in [3.8, 4) is 0 Å². The Morgan fingerprint density at radius 2 is 2.06 bits per heavy atom. The van der Waals surface area contributed by atoms with E-state index < -0.39 is 0 Å². The molecule has 3 rings (SSSR count). The average molecular weight is 232 g/mol. The van der Waals surface area contributed by atoms with Gasteiger partial charge in [-0.25, -0.2) is 0 Å². The molecule has 0 amide bonds. The monoisotopic (exact) mass is 232 g/mol. The van der Waals surface area contributed by atoms with Gasteiger partial charge in [-0.05, 0) is 30.4 Å². The van der Waals surface area contributed by atoms with Crippen molar-refractivity contribution in [2.24, 2.45) is 5.92 Å². The maximum Gasteiger partial charge on any atom is 0.269 e. The molecule has 1 aromatic rings. The van der Waals surface area contributed by atoms with E-state index in [1.165, 1.54) is 25.7 Å². The molecule has 1 heterocycles. The molecule has 17 heavy (non-hydrogen) atoms. The molecule has 90 valence electrons. The second kappa shape index (κ2) is 4.02. The predicted octanol–water partition coefficient (Wildman–Crippen LogP) is 3.29. The minimum absolute atomic E-state index is 0.218. The van der Waals surface area contributed by atoms with Crippen LogP contribution in [-0.4, -0.2) is 11.5 Å². The van der Waals surface area contributed by atoms with Gasteiger partial charge in [0.15, 0.2) is 0 Å². The van der Waals surface area contributed by atoms with Gasteiger partial charge < -0.3 is 5.32 Å². The molecule has 4 nitrogen and oxygen atoms in total. The molecule has 1 N–H and O–H groups in total. The van der Waals surface area contributed by atoms with E-state index in [1.54, 1.807) is 12.1 Å². The summed E-state index contributed by atoms with van der Waals surface area (Å²) in [7, 11) is 0. The molecule has 1 aliphatic heterocycles. The number of benzene rings is 1. The highest BCUT2D eigenvalue weighted by molar-refractivity contribution is 5.61. The predicted molar refractivity (Wildman–Crippen MR) is 66.3 cm³/mol. The van der Waals surface area contributed by atoms with Gasteiger partial charge in [-0.2, -0.15) is 0 Å². The van der Waals surface area contributed by atoms with Crippen LogP contribution in [0.25, 0.3) is 0 Å². The van der Waals surface area contributed by atoms with Crippen molar-refractivity contribution in [3.05, 3.63) is 33.9 Å². The van der Waals surface area contributed by atoms with E-state index in [0.717, 1.165) is 17.8 Å². The SMILES string of the molecule is O=[N+]([O-])c1ccc2c(c1)C(C1CCCC1)CN2. The summed E-state index contributed by atoms with van der Waals surface area (Å²) in [6, 6.07) is 5.20. The summed E-state index contributed by atoms with van der Waals surface area (Å²) in [6.07, 6.45) is 5.17. The van der Waals surface area contributed by atoms with Crippen LogP contribution in [0, 0.1) is 16.0 Å². The molecule has 0 aromatic heterocycles. The minimum Gasteiger partial charge on any atom is -0.384 e. The van der Waals surface area contributed by atoms with Gasteiger partial charge in [-0.1, -0.05) is 12.8 Å². The van der Waals surface area contributed by atoms with E-state index in [9.17, 15) is 10.1 Å². The van der Waals surface area contributed by atoms with Crippen LogP contribution in [0.2, 0.25) is 0 Å². The van der Waals surface area contributed by atoms with Gasteiger partial charge in [-0.3, -0.25) is 10.1 Å². The highest BCUT2D eigenvalue weighted by Gasteiger charge is 2.32. The topological polar surface area (TPSA) is 55.2 Å². The van der Waals surface area contributed by atoms with Crippen molar-refractivity contribution in [1.82, 2.24) is 0 Å². The lowest BCUT2D eigenvalue weighted by atomic mass is 9.86. The van der Waals surface area contributed by atoms with Crippen LogP contribution in [0.5, 0.6) is 0 Å². The largest absolute Gasteiger partial charge is 0.384 e. The Kier molecular flexibility index (Phi) is 2.50. The Labute approximate surface area is 100 Å². The van der Waals surface area contributed by atoms with Gasteiger partial charge in [-0.15, -0.1) is 0 Å². The first-order valence-corrected chi connectivity index (χ1v) is 6.28. The summed E-state index contributed by atoms with van der Waals surface area (Å²) in [5.74, 6) is 1.19. The molecule has 1 aliphatic carbocycles. The van der Waals surface area contributed by atoms with Crippen molar-refractivity contribution in [1.29, 1.82) is 0 Å². The number of rotatable bonds is 2. The zero-order valence-electron chi connectivity index (χ0n) is 9.69. The van der Waals surface area contributed by atoms with Crippen molar-refractivity contribution in [3.63, 3.8) is 0 Å². The van der Waals surface area contributed by atoms with E-state index in [1.807, 2.05) is 6.07 Å². The standard InChI is InChI=1S/C13H16N2O2/c16-15(17)10-5-6-13-11(7-10)12(8-14-13)9-3-1-2-4-9/h5-7,9,12,14H,1-4,8H2. The second-order valence-electron chi connectivity index (χ2n) is 5.06. The number of anilines is 1. The molecule has 1 atom stereocenters. The maximum atomic E-state index is 10.8. The van der Waals surface area contributed by atoms with E-state index in [-0.39, 0.29) is 10.6 Å². The number of nitro groups is 1. The molecule has 1 fully saturated rings. The lowest BCUT2D eigenvalue weighted by Crippen LogP contribution is -2.11. The molecule has 1 aromatic carbocycles. The van der Waals surface area contributed by atoms with Gasteiger partial charge in [0.1, 0.15) is 0 Å². The number of nitrogens with one attached hydrogen (secondary N) is 1. The molecule has 1 saturated carbocycles. The van der Waals surface area contributed by atoms with E-state index in [2.05, 4.69) is 5.32 Å². The van der Waals surface area contributed by atoms with Crippen molar-refractivity contribution in [2.75, 3.05) is 11.9 Å². The number of nitro benzene ring substituents is 1. The van der Waals surface area contributed by atoms with E-state index in [0.29, 0.717) is 11.8 Å². The zero-order valence-corrected chi connectivity index (χ0v) is 9.69. The zero-order chi connectivity index (χ0) is 11.8. The number of hydrogen-bond acceptors (Lipinski definition) is 3. The Balaban J connectivity index is 1.93. The normalized spacial score (nSPS) is 23.4. The smallest absolute Gasteiger partial charge is 0.269 e.